The summed E-state index contributed by atoms with van der Waals surface area (Å²) in [6, 6.07) is 4.49. The summed E-state index contributed by atoms with van der Waals surface area (Å²) < 4.78 is 26.7. The molecule has 0 atom stereocenters. The summed E-state index contributed by atoms with van der Waals surface area (Å²) in [7, 11) is -3.90. The van der Waals surface area contributed by atoms with Gasteiger partial charge in [-0.05, 0) is 25.0 Å². The van der Waals surface area contributed by atoms with Gasteiger partial charge in [0.25, 0.3) is 15.7 Å². The van der Waals surface area contributed by atoms with Crippen LogP contribution in [0.5, 0.6) is 0 Å². The molecular weight excluding hydrogens is 358 g/mol. The van der Waals surface area contributed by atoms with Crippen LogP contribution in [-0.4, -0.2) is 29.4 Å². The molecule has 1 aromatic carbocycles. The Balaban J connectivity index is 2.05. The van der Waals surface area contributed by atoms with Gasteiger partial charge in [0.1, 0.15) is 0 Å². The van der Waals surface area contributed by atoms with E-state index in [2.05, 4.69) is 9.71 Å². The summed E-state index contributed by atoms with van der Waals surface area (Å²) in [4.78, 5) is 25.0. The lowest BCUT2D eigenvalue weighted by atomic mass is 10.2. The Morgan fingerprint density at radius 3 is 2.58 bits per heavy atom. The van der Waals surface area contributed by atoms with Gasteiger partial charge in [-0.2, -0.15) is 0 Å². The molecule has 2 aromatic rings. The van der Waals surface area contributed by atoms with Gasteiger partial charge in [0.05, 0.1) is 9.82 Å². The van der Waals surface area contributed by atoms with Gasteiger partial charge in [-0.25, -0.2) is 13.4 Å². The third kappa shape index (κ3) is 4.73. The molecule has 0 aliphatic rings. The van der Waals surface area contributed by atoms with Crippen LogP contribution < -0.4 is 4.72 Å². The summed E-state index contributed by atoms with van der Waals surface area (Å²) in [5, 5.41) is 19.3. The van der Waals surface area contributed by atoms with Gasteiger partial charge in [0.15, 0.2) is 5.13 Å². The van der Waals surface area contributed by atoms with E-state index in [1.165, 1.54) is 6.20 Å². The minimum absolute atomic E-state index is 0.0295. The smallest absolute Gasteiger partial charge is 0.303 e. The molecule has 0 fully saturated rings. The predicted octanol–water partition coefficient (Wildman–Crippen LogP) is 2.26. The van der Waals surface area contributed by atoms with Crippen molar-refractivity contribution in [3.05, 3.63) is 45.5 Å². The van der Waals surface area contributed by atoms with Gasteiger partial charge < -0.3 is 5.11 Å². The molecule has 2 N–H and O–H groups in total. The SMILES string of the molecule is O=C(O)CCCc1cnc(NS(=O)(=O)c2ccc([N+](=O)[O-])cc2)s1. The molecule has 0 bridgehead atoms. The minimum Gasteiger partial charge on any atom is -0.481 e. The summed E-state index contributed by atoms with van der Waals surface area (Å²) in [5.74, 6) is -0.890. The fourth-order valence-corrected chi connectivity index (χ4v) is 3.90. The molecule has 128 valence electrons. The number of rotatable bonds is 8. The highest BCUT2D eigenvalue weighted by Crippen LogP contribution is 2.24. The molecule has 1 heterocycles. The number of hydrogen-bond acceptors (Lipinski definition) is 7. The Morgan fingerprint density at radius 2 is 2.00 bits per heavy atom. The van der Waals surface area contributed by atoms with Crippen LogP contribution in [0.15, 0.2) is 35.4 Å². The molecule has 0 amide bonds. The molecule has 11 heteroatoms. The Kier molecular flexibility index (Phi) is 5.46. The first-order valence-corrected chi connectivity index (χ1v) is 9.01. The van der Waals surface area contributed by atoms with Crippen LogP contribution in [0.4, 0.5) is 10.8 Å². The molecule has 0 spiro atoms. The zero-order valence-corrected chi connectivity index (χ0v) is 13.8. The van der Waals surface area contributed by atoms with E-state index in [0.717, 1.165) is 40.5 Å². The Morgan fingerprint density at radius 1 is 1.33 bits per heavy atom. The molecular formula is C13H13N3O6S2. The van der Waals surface area contributed by atoms with E-state index in [0.29, 0.717) is 12.8 Å². The number of carbonyl (C=O) groups is 1. The van der Waals surface area contributed by atoms with Crippen LogP contribution in [0.2, 0.25) is 0 Å². The van der Waals surface area contributed by atoms with Gasteiger partial charge in [0, 0.05) is 29.6 Å². The number of nitrogens with zero attached hydrogens (tertiary/aromatic N) is 2. The number of thiazole rings is 1. The lowest BCUT2D eigenvalue weighted by Crippen LogP contribution is -2.12. The average molecular weight is 371 g/mol. The van der Waals surface area contributed by atoms with Gasteiger partial charge in [-0.15, -0.1) is 11.3 Å². The van der Waals surface area contributed by atoms with E-state index in [1.54, 1.807) is 0 Å². The first-order chi connectivity index (χ1) is 11.3. The number of nitrogens with one attached hydrogen (secondary N) is 1. The highest BCUT2D eigenvalue weighted by molar-refractivity contribution is 7.93. The number of nitro groups is 1. The lowest BCUT2D eigenvalue weighted by molar-refractivity contribution is -0.384. The Bertz CT molecular complexity index is 845. The van der Waals surface area contributed by atoms with E-state index in [1.807, 2.05) is 0 Å². The van der Waals surface area contributed by atoms with Gasteiger partial charge in [-0.3, -0.25) is 19.6 Å². The first-order valence-electron chi connectivity index (χ1n) is 6.72. The number of aliphatic carboxylic acids is 1. The normalized spacial score (nSPS) is 11.2. The number of sulfonamides is 1. The van der Waals surface area contributed by atoms with Crippen LogP contribution >= 0.6 is 11.3 Å². The zero-order chi connectivity index (χ0) is 17.7. The molecule has 0 saturated carbocycles. The standard InChI is InChI=1S/C13H13N3O6S2/c17-12(18)3-1-2-10-8-14-13(23-10)15-24(21,22)11-6-4-9(5-7-11)16(19)20/h4-8H,1-3H2,(H,14,15)(H,17,18). The summed E-state index contributed by atoms with van der Waals surface area (Å²) in [5.41, 5.74) is -0.205. The molecule has 0 aliphatic heterocycles. The minimum atomic E-state index is -3.90. The van der Waals surface area contributed by atoms with Crippen LogP contribution in [0.1, 0.15) is 17.7 Å². The van der Waals surface area contributed by atoms with Crippen molar-refractivity contribution in [2.24, 2.45) is 0 Å². The second-order valence-electron chi connectivity index (χ2n) is 4.74. The van der Waals surface area contributed by atoms with Crippen LogP contribution in [0, 0.1) is 10.1 Å². The Labute approximate surface area is 141 Å². The molecule has 0 aliphatic carbocycles. The monoisotopic (exact) mass is 371 g/mol. The fraction of sp³-hybridized carbons (Fsp3) is 0.231. The van der Waals surface area contributed by atoms with Crippen LogP contribution in [-0.2, 0) is 21.2 Å². The molecule has 24 heavy (non-hydrogen) atoms. The van der Waals surface area contributed by atoms with Crippen molar-refractivity contribution < 1.29 is 23.2 Å². The number of nitro benzene ring substituents is 1. The predicted molar refractivity (Wildman–Crippen MR) is 86.6 cm³/mol. The number of carboxylic acids is 1. The highest BCUT2D eigenvalue weighted by Gasteiger charge is 2.17. The number of aryl methyl sites for hydroxylation is 1. The average Bonchev–Trinajstić information content (AvgIpc) is 2.93. The van der Waals surface area contributed by atoms with Crippen molar-refractivity contribution in [1.82, 2.24) is 4.98 Å². The largest absolute Gasteiger partial charge is 0.481 e. The number of aromatic nitrogens is 1. The van der Waals surface area contributed by atoms with Gasteiger partial charge >= 0.3 is 5.97 Å². The maximum atomic E-state index is 12.2. The summed E-state index contributed by atoms with van der Waals surface area (Å²) in [6.07, 6.45) is 2.44. The van der Waals surface area contributed by atoms with Crippen molar-refractivity contribution in [3.8, 4) is 0 Å². The van der Waals surface area contributed by atoms with E-state index in [-0.39, 0.29) is 22.1 Å². The highest BCUT2D eigenvalue weighted by atomic mass is 32.2. The van der Waals surface area contributed by atoms with E-state index in [9.17, 15) is 23.3 Å². The van der Waals surface area contributed by atoms with Crippen molar-refractivity contribution in [2.45, 2.75) is 24.2 Å². The quantitative estimate of drug-likeness (QED) is 0.536. The third-order valence-corrected chi connectivity index (χ3v) is 5.40. The summed E-state index contributed by atoms with van der Waals surface area (Å²) in [6.45, 7) is 0. The maximum absolute atomic E-state index is 12.2. The fourth-order valence-electron chi connectivity index (χ4n) is 1.80. The molecule has 0 unspecified atom stereocenters. The topological polar surface area (TPSA) is 140 Å². The molecule has 0 saturated heterocycles. The van der Waals surface area contributed by atoms with E-state index < -0.39 is 20.9 Å². The maximum Gasteiger partial charge on any atom is 0.303 e. The van der Waals surface area contributed by atoms with Crippen molar-refractivity contribution >= 4 is 38.1 Å². The van der Waals surface area contributed by atoms with Crippen molar-refractivity contribution in [1.29, 1.82) is 0 Å². The van der Waals surface area contributed by atoms with E-state index in [4.69, 9.17) is 5.11 Å². The lowest BCUT2D eigenvalue weighted by Gasteiger charge is -2.04. The van der Waals surface area contributed by atoms with E-state index >= 15 is 0 Å². The van der Waals surface area contributed by atoms with Crippen LogP contribution in [0.25, 0.3) is 0 Å². The second kappa shape index (κ2) is 7.36. The second-order valence-corrected chi connectivity index (χ2v) is 7.53. The third-order valence-electron chi connectivity index (χ3n) is 2.95. The number of anilines is 1. The Hall–Kier alpha value is -2.53. The number of hydrogen-bond donors (Lipinski definition) is 2. The zero-order valence-electron chi connectivity index (χ0n) is 12.2. The van der Waals surface area contributed by atoms with Gasteiger partial charge in [-0.1, -0.05) is 0 Å². The first kappa shape index (κ1) is 17.8. The molecule has 0 radical (unpaired) electrons. The van der Waals surface area contributed by atoms with Crippen molar-refractivity contribution in [2.75, 3.05) is 4.72 Å². The number of carboxylic acid groups (broad SMARTS) is 1. The van der Waals surface area contributed by atoms with Crippen LogP contribution in [0.3, 0.4) is 0 Å². The summed E-state index contributed by atoms with van der Waals surface area (Å²) >= 11 is 1.11. The molecule has 9 nitrogen and oxygen atoms in total. The molecule has 2 rings (SSSR count). The number of benzene rings is 1. The number of non-ortho nitro benzene ring substituents is 1. The van der Waals surface area contributed by atoms with Gasteiger partial charge in [0.2, 0.25) is 0 Å². The molecule has 1 aromatic heterocycles. The van der Waals surface area contributed by atoms with Crippen molar-refractivity contribution in [3.63, 3.8) is 0 Å².